The number of aliphatic hydroxyl groups excluding tert-OH is 1. The molecule has 1 aromatic heterocycles. The molecular weight excluding hydrogens is 372 g/mol. The van der Waals surface area contributed by atoms with Crippen molar-refractivity contribution in [3.63, 3.8) is 0 Å². The number of aryl methyl sites for hydroxylation is 1. The summed E-state index contributed by atoms with van der Waals surface area (Å²) < 4.78 is 0. The Morgan fingerprint density at radius 1 is 1.10 bits per heavy atom. The third-order valence-electron chi connectivity index (χ3n) is 5.93. The first-order valence-electron chi connectivity index (χ1n) is 10.2. The molecule has 1 atom stereocenters. The van der Waals surface area contributed by atoms with E-state index in [-0.39, 0.29) is 12.4 Å². The lowest BCUT2D eigenvalue weighted by molar-refractivity contribution is -0.117. The quantitative estimate of drug-likeness (QED) is 0.711. The van der Waals surface area contributed by atoms with Gasteiger partial charge in [0.15, 0.2) is 5.78 Å². The normalized spacial score (nSPS) is 15.3. The second-order valence-corrected chi connectivity index (χ2v) is 7.92. The number of Topliss-reactive ketones (excluding diaryl/α,β-unsaturated/α-hetero) is 1. The zero-order valence-electron chi connectivity index (χ0n) is 16.8. The first kappa shape index (κ1) is 18.6. The maximum absolute atomic E-state index is 13.2. The van der Waals surface area contributed by atoms with E-state index in [1.165, 1.54) is 5.56 Å². The van der Waals surface area contributed by atoms with Gasteiger partial charge < -0.3 is 5.11 Å². The van der Waals surface area contributed by atoms with Gasteiger partial charge in [-0.1, -0.05) is 36.4 Å². The van der Waals surface area contributed by atoms with E-state index in [9.17, 15) is 9.90 Å². The van der Waals surface area contributed by atoms with Crippen molar-refractivity contribution < 1.29 is 9.90 Å². The second kappa shape index (κ2) is 7.47. The van der Waals surface area contributed by atoms with E-state index in [1.54, 1.807) is 0 Å². The fraction of sp³-hybridized carbons (Fsp3) is 0.192. The van der Waals surface area contributed by atoms with Crippen LogP contribution < -0.4 is 0 Å². The second-order valence-electron chi connectivity index (χ2n) is 7.92. The molecule has 3 aromatic rings. The zero-order valence-corrected chi connectivity index (χ0v) is 16.8. The third-order valence-corrected chi connectivity index (χ3v) is 5.93. The lowest BCUT2D eigenvalue weighted by Gasteiger charge is -2.14. The summed E-state index contributed by atoms with van der Waals surface area (Å²) in [6.45, 7) is 2.45. The lowest BCUT2D eigenvalue weighted by atomic mass is 9.90. The number of hydrogen-bond acceptors (Lipinski definition) is 4. The highest BCUT2D eigenvalue weighted by atomic mass is 16.3. The molecule has 2 aliphatic rings. The number of benzene rings is 2. The highest BCUT2D eigenvalue weighted by molar-refractivity contribution is 6.16. The first-order valence-corrected chi connectivity index (χ1v) is 10.2. The highest BCUT2D eigenvalue weighted by Gasteiger charge is 2.28. The van der Waals surface area contributed by atoms with Gasteiger partial charge in [0.2, 0.25) is 0 Å². The van der Waals surface area contributed by atoms with Gasteiger partial charge >= 0.3 is 0 Å². The number of carbonyl (C=O) groups excluding carboxylic acids is 1. The third kappa shape index (κ3) is 3.19. The van der Waals surface area contributed by atoms with Crippen LogP contribution >= 0.6 is 0 Å². The van der Waals surface area contributed by atoms with E-state index in [2.05, 4.69) is 23.2 Å². The summed E-state index contributed by atoms with van der Waals surface area (Å²) in [5.41, 5.74) is 9.20. The standard InChI is InChI=1S/C26H22N2O2/c1-16-9-18(7-8-27-16)25-23-13-20-11-21(10-19(20)12-22(23)14-28-25)26(30)24(15-29)17-5-3-2-4-6-17/h2-9,11-13,24,29H,10,14-15H2,1H3/t24-/m1/s1. The number of hydrogen-bond donors (Lipinski definition) is 1. The Hall–Kier alpha value is -3.37. The Balaban J connectivity index is 1.46. The van der Waals surface area contributed by atoms with Crippen molar-refractivity contribution in [2.45, 2.75) is 25.8 Å². The number of rotatable bonds is 5. The molecule has 2 heterocycles. The predicted molar refractivity (Wildman–Crippen MR) is 118 cm³/mol. The molecule has 4 nitrogen and oxygen atoms in total. The molecule has 0 radical (unpaired) electrons. The maximum Gasteiger partial charge on any atom is 0.168 e. The van der Waals surface area contributed by atoms with Crippen molar-refractivity contribution in [2.24, 2.45) is 4.99 Å². The van der Waals surface area contributed by atoms with Gasteiger partial charge in [-0.05, 0) is 53.5 Å². The van der Waals surface area contributed by atoms with Gasteiger partial charge in [0.1, 0.15) is 0 Å². The summed E-state index contributed by atoms with van der Waals surface area (Å²) in [7, 11) is 0. The molecule has 148 valence electrons. The van der Waals surface area contributed by atoms with E-state index in [0.29, 0.717) is 13.0 Å². The zero-order chi connectivity index (χ0) is 20.7. The molecule has 1 aliphatic heterocycles. The van der Waals surface area contributed by atoms with Crippen LogP contribution in [0.5, 0.6) is 0 Å². The van der Waals surface area contributed by atoms with E-state index in [0.717, 1.165) is 44.8 Å². The van der Waals surface area contributed by atoms with Crippen molar-refractivity contribution in [1.82, 2.24) is 4.98 Å². The number of aliphatic imine (C=N–C) groups is 1. The number of nitrogens with zero attached hydrogens (tertiary/aromatic N) is 2. The van der Waals surface area contributed by atoms with Crippen LogP contribution in [0.4, 0.5) is 0 Å². The number of ketones is 1. The summed E-state index contributed by atoms with van der Waals surface area (Å²) in [4.78, 5) is 22.2. The van der Waals surface area contributed by atoms with Crippen molar-refractivity contribution in [1.29, 1.82) is 0 Å². The van der Waals surface area contributed by atoms with E-state index < -0.39 is 5.92 Å². The Bertz CT molecular complexity index is 1210. The first-order chi connectivity index (χ1) is 14.6. The van der Waals surface area contributed by atoms with Gasteiger partial charge in [0, 0.05) is 35.0 Å². The number of allylic oxidation sites excluding steroid dienone is 1. The Labute approximate surface area is 175 Å². The van der Waals surface area contributed by atoms with Crippen LogP contribution in [-0.2, 0) is 17.8 Å². The van der Waals surface area contributed by atoms with Crippen molar-refractivity contribution in [3.05, 3.63) is 105 Å². The molecule has 30 heavy (non-hydrogen) atoms. The van der Waals surface area contributed by atoms with Gasteiger partial charge in [-0.25, -0.2) is 0 Å². The summed E-state index contributed by atoms with van der Waals surface area (Å²) in [6, 6.07) is 17.9. The molecule has 0 saturated heterocycles. The molecule has 4 heteroatoms. The number of aromatic nitrogens is 1. The molecule has 0 unspecified atom stereocenters. The topological polar surface area (TPSA) is 62.5 Å². The molecule has 2 aromatic carbocycles. The van der Waals surface area contributed by atoms with Crippen molar-refractivity contribution in [2.75, 3.05) is 6.61 Å². The van der Waals surface area contributed by atoms with Gasteiger partial charge in [0.25, 0.3) is 0 Å². The Morgan fingerprint density at radius 3 is 2.70 bits per heavy atom. The average Bonchev–Trinajstić information content (AvgIpc) is 3.36. The number of fused-ring (bicyclic) bond motifs is 2. The molecule has 0 amide bonds. The van der Waals surface area contributed by atoms with Crippen molar-refractivity contribution in [3.8, 4) is 0 Å². The maximum atomic E-state index is 13.2. The summed E-state index contributed by atoms with van der Waals surface area (Å²) >= 11 is 0. The SMILES string of the molecule is Cc1cc(C2=NCc3cc4c(cc32)C=C(C(=O)[C@H](CO)c2ccccc2)C4)ccn1. The molecule has 0 saturated carbocycles. The van der Waals surface area contributed by atoms with Crippen LogP contribution in [0, 0.1) is 6.92 Å². The number of carbonyl (C=O) groups is 1. The molecule has 5 rings (SSSR count). The molecule has 0 spiro atoms. The fourth-order valence-corrected chi connectivity index (χ4v) is 4.39. The Morgan fingerprint density at radius 2 is 1.93 bits per heavy atom. The van der Waals surface area contributed by atoms with Crippen LogP contribution in [0.15, 0.2) is 71.4 Å². The van der Waals surface area contributed by atoms with Crippen LogP contribution in [0.1, 0.15) is 45.0 Å². The highest BCUT2D eigenvalue weighted by Crippen LogP contribution is 2.34. The number of pyridine rings is 1. The molecule has 0 fully saturated rings. The van der Waals surface area contributed by atoms with Gasteiger partial charge in [0.05, 0.1) is 24.8 Å². The summed E-state index contributed by atoms with van der Waals surface area (Å²) in [5, 5.41) is 9.88. The molecule has 1 N–H and O–H groups in total. The molecule has 1 aliphatic carbocycles. The monoisotopic (exact) mass is 394 g/mol. The minimum atomic E-state index is -0.518. The van der Waals surface area contributed by atoms with Gasteiger partial charge in [-0.15, -0.1) is 0 Å². The average molecular weight is 394 g/mol. The van der Waals surface area contributed by atoms with Crippen LogP contribution in [-0.4, -0.2) is 28.2 Å². The van der Waals surface area contributed by atoms with E-state index in [4.69, 9.17) is 4.99 Å². The smallest absolute Gasteiger partial charge is 0.168 e. The molecule has 0 bridgehead atoms. The minimum Gasteiger partial charge on any atom is -0.395 e. The van der Waals surface area contributed by atoms with Gasteiger partial charge in [-0.2, -0.15) is 0 Å². The largest absolute Gasteiger partial charge is 0.395 e. The van der Waals surface area contributed by atoms with Crippen molar-refractivity contribution >= 4 is 17.6 Å². The Kier molecular flexibility index (Phi) is 4.64. The number of aliphatic hydroxyl groups is 1. The van der Waals surface area contributed by atoms with E-state index >= 15 is 0 Å². The van der Waals surface area contributed by atoms with Crippen LogP contribution in [0.2, 0.25) is 0 Å². The lowest BCUT2D eigenvalue weighted by Crippen LogP contribution is -2.18. The summed E-state index contributed by atoms with van der Waals surface area (Å²) in [5.74, 6) is -0.519. The summed E-state index contributed by atoms with van der Waals surface area (Å²) in [6.07, 6.45) is 4.40. The minimum absolute atomic E-state index is 0.00120. The van der Waals surface area contributed by atoms with Crippen LogP contribution in [0.3, 0.4) is 0 Å². The van der Waals surface area contributed by atoms with E-state index in [1.807, 2.05) is 55.6 Å². The predicted octanol–water partition coefficient (Wildman–Crippen LogP) is 4.03. The fourth-order valence-electron chi connectivity index (χ4n) is 4.39. The van der Waals surface area contributed by atoms with Crippen LogP contribution in [0.25, 0.3) is 6.08 Å². The van der Waals surface area contributed by atoms with Gasteiger partial charge in [-0.3, -0.25) is 14.8 Å². The molecular formula is C26H22N2O2.